The number of benzene rings is 2. The number of hydrogen-bond acceptors (Lipinski definition) is 3. The Morgan fingerprint density at radius 1 is 1.20 bits per heavy atom. The van der Waals surface area contributed by atoms with Crippen LogP contribution in [0.2, 0.25) is 0 Å². The molecule has 0 fully saturated rings. The Balaban J connectivity index is 2.05. The van der Waals surface area contributed by atoms with Crippen molar-refractivity contribution in [1.29, 1.82) is 0 Å². The largest absolute Gasteiger partial charge is 0.495 e. The highest BCUT2D eigenvalue weighted by Crippen LogP contribution is 2.25. The molecule has 0 radical (unpaired) electrons. The van der Waals surface area contributed by atoms with Gasteiger partial charge < -0.3 is 15.0 Å². The molecule has 0 saturated carbocycles. The van der Waals surface area contributed by atoms with Crippen molar-refractivity contribution in [3.8, 4) is 5.75 Å². The van der Waals surface area contributed by atoms with Gasteiger partial charge in [-0.1, -0.05) is 12.1 Å². The molecule has 0 atom stereocenters. The summed E-state index contributed by atoms with van der Waals surface area (Å²) < 4.78 is 18.6. The Morgan fingerprint density at radius 2 is 1.96 bits per heavy atom. The predicted octanol–water partition coefficient (Wildman–Crippen LogP) is 3.52. The van der Waals surface area contributed by atoms with E-state index in [1.165, 1.54) is 37.1 Å². The molecule has 1 N–H and O–H groups in total. The fourth-order valence-corrected chi connectivity index (χ4v) is 2.46. The molecule has 0 aliphatic heterocycles. The van der Waals surface area contributed by atoms with Crippen molar-refractivity contribution < 1.29 is 18.7 Å². The van der Waals surface area contributed by atoms with Gasteiger partial charge in [-0.15, -0.1) is 0 Å². The van der Waals surface area contributed by atoms with Gasteiger partial charge >= 0.3 is 0 Å². The molecule has 0 heterocycles. The minimum Gasteiger partial charge on any atom is -0.495 e. The maximum atomic E-state index is 13.4. The van der Waals surface area contributed by atoms with E-state index in [1.54, 1.807) is 12.1 Å². The number of methoxy groups -OCH3 is 1. The molecule has 2 amide bonds. The number of aryl methyl sites for hydroxylation is 1. The molecule has 0 spiro atoms. The lowest BCUT2D eigenvalue weighted by Crippen LogP contribution is -2.32. The van der Waals surface area contributed by atoms with Crippen LogP contribution in [0.15, 0.2) is 42.5 Å². The lowest BCUT2D eigenvalue weighted by Gasteiger charge is -2.21. The van der Waals surface area contributed by atoms with Crippen LogP contribution in [0.25, 0.3) is 0 Å². The number of anilines is 2. The average molecular weight is 344 g/mol. The topological polar surface area (TPSA) is 58.6 Å². The van der Waals surface area contributed by atoms with Crippen molar-refractivity contribution in [3.63, 3.8) is 0 Å². The van der Waals surface area contributed by atoms with Crippen LogP contribution in [0, 0.1) is 12.7 Å². The molecule has 5 nitrogen and oxygen atoms in total. The van der Waals surface area contributed by atoms with Gasteiger partial charge in [-0.05, 0) is 42.8 Å². The van der Waals surface area contributed by atoms with Gasteiger partial charge in [-0.25, -0.2) is 4.39 Å². The summed E-state index contributed by atoms with van der Waals surface area (Å²) in [5.41, 5.74) is 1.99. The van der Waals surface area contributed by atoms with E-state index in [0.29, 0.717) is 17.1 Å². The predicted molar refractivity (Wildman–Crippen MR) is 95.4 cm³/mol. The molecular formula is C19H21FN2O3. The summed E-state index contributed by atoms with van der Waals surface area (Å²) in [4.78, 5) is 25.4. The molecule has 0 saturated heterocycles. The van der Waals surface area contributed by atoms with Crippen LogP contribution in [0.4, 0.5) is 15.8 Å². The van der Waals surface area contributed by atoms with Crippen LogP contribution < -0.4 is 15.0 Å². The fourth-order valence-electron chi connectivity index (χ4n) is 2.46. The Hall–Kier alpha value is -2.89. The van der Waals surface area contributed by atoms with Crippen LogP contribution in [0.5, 0.6) is 5.75 Å². The summed E-state index contributed by atoms with van der Waals surface area (Å²) >= 11 is 0. The van der Waals surface area contributed by atoms with Crippen LogP contribution in [-0.2, 0) is 9.59 Å². The number of ether oxygens (including phenoxy) is 1. The number of halogens is 1. The Labute approximate surface area is 146 Å². The van der Waals surface area contributed by atoms with E-state index >= 15 is 0 Å². The number of nitrogens with one attached hydrogen (secondary N) is 1. The Morgan fingerprint density at radius 3 is 2.60 bits per heavy atom. The summed E-state index contributed by atoms with van der Waals surface area (Å²) in [6, 6.07) is 11.2. The quantitative estimate of drug-likeness (QED) is 0.872. The minimum atomic E-state index is -0.433. The second-order valence-electron chi connectivity index (χ2n) is 5.65. The average Bonchev–Trinajstić information content (AvgIpc) is 2.55. The zero-order valence-electron chi connectivity index (χ0n) is 14.5. The monoisotopic (exact) mass is 344 g/mol. The van der Waals surface area contributed by atoms with Crippen molar-refractivity contribution in [3.05, 3.63) is 53.8 Å². The van der Waals surface area contributed by atoms with Crippen LogP contribution in [-0.4, -0.2) is 25.5 Å². The zero-order valence-corrected chi connectivity index (χ0v) is 14.5. The third-order valence-electron chi connectivity index (χ3n) is 3.69. The highest BCUT2D eigenvalue weighted by atomic mass is 19.1. The van der Waals surface area contributed by atoms with E-state index in [2.05, 4.69) is 5.32 Å². The molecule has 0 aliphatic carbocycles. The van der Waals surface area contributed by atoms with Gasteiger partial charge in [-0.3, -0.25) is 9.59 Å². The summed E-state index contributed by atoms with van der Waals surface area (Å²) in [5.74, 6) is -0.386. The Bertz CT molecular complexity index is 777. The van der Waals surface area contributed by atoms with Gasteiger partial charge in [0.15, 0.2) is 0 Å². The molecule has 25 heavy (non-hydrogen) atoms. The second kappa shape index (κ2) is 8.28. The molecule has 0 unspecified atom stereocenters. The summed E-state index contributed by atoms with van der Waals surface area (Å²) in [7, 11) is 1.53. The fraction of sp³-hybridized carbons (Fsp3) is 0.263. The number of nitrogens with zero attached hydrogens (tertiary/aromatic N) is 1. The highest BCUT2D eigenvalue weighted by molar-refractivity contribution is 5.95. The zero-order chi connectivity index (χ0) is 18.4. The maximum absolute atomic E-state index is 13.4. The van der Waals surface area contributed by atoms with Crippen molar-refractivity contribution in [1.82, 2.24) is 0 Å². The molecule has 0 aliphatic rings. The van der Waals surface area contributed by atoms with Gasteiger partial charge in [0, 0.05) is 25.6 Å². The van der Waals surface area contributed by atoms with Gasteiger partial charge in [-0.2, -0.15) is 0 Å². The van der Waals surface area contributed by atoms with Crippen molar-refractivity contribution in [2.75, 3.05) is 23.9 Å². The maximum Gasteiger partial charge on any atom is 0.226 e. The summed E-state index contributed by atoms with van der Waals surface area (Å²) in [6.07, 6.45) is 0.0766. The molecular weight excluding hydrogens is 323 g/mol. The SMILES string of the molecule is COc1ccc(C)cc1NC(=O)CCN(C(C)=O)c1cccc(F)c1. The first-order chi connectivity index (χ1) is 11.9. The summed E-state index contributed by atoms with van der Waals surface area (Å²) in [6.45, 7) is 3.45. The second-order valence-corrected chi connectivity index (χ2v) is 5.65. The molecule has 6 heteroatoms. The Kier molecular flexibility index (Phi) is 6.11. The number of carbonyl (C=O) groups is 2. The molecule has 132 valence electrons. The first-order valence-corrected chi connectivity index (χ1v) is 7.89. The molecule has 2 aromatic carbocycles. The number of hydrogen-bond donors (Lipinski definition) is 1. The molecule has 0 bridgehead atoms. The van der Waals surface area contributed by atoms with Gasteiger partial charge in [0.2, 0.25) is 11.8 Å². The van der Waals surface area contributed by atoms with Gasteiger partial charge in [0.25, 0.3) is 0 Å². The minimum absolute atomic E-state index is 0.0766. The summed E-state index contributed by atoms with van der Waals surface area (Å²) in [5, 5.41) is 2.78. The first kappa shape index (κ1) is 18.4. The van der Waals surface area contributed by atoms with E-state index in [0.717, 1.165) is 5.56 Å². The standard InChI is InChI=1S/C19H21FN2O3/c1-13-7-8-18(25-3)17(11-13)21-19(24)9-10-22(14(2)23)16-6-4-5-15(20)12-16/h4-8,11-12H,9-10H2,1-3H3,(H,21,24). The molecule has 2 aromatic rings. The van der Waals surface area contributed by atoms with E-state index in [-0.39, 0.29) is 24.8 Å². The lowest BCUT2D eigenvalue weighted by atomic mass is 10.2. The first-order valence-electron chi connectivity index (χ1n) is 7.89. The van der Waals surface area contributed by atoms with Crippen molar-refractivity contribution in [2.45, 2.75) is 20.3 Å². The van der Waals surface area contributed by atoms with Crippen LogP contribution in [0.1, 0.15) is 18.9 Å². The van der Waals surface area contributed by atoms with Crippen molar-refractivity contribution in [2.24, 2.45) is 0 Å². The normalized spacial score (nSPS) is 10.2. The van der Waals surface area contributed by atoms with E-state index in [4.69, 9.17) is 4.74 Å². The van der Waals surface area contributed by atoms with E-state index in [1.807, 2.05) is 19.1 Å². The molecule has 2 rings (SSSR count). The molecule has 0 aromatic heterocycles. The van der Waals surface area contributed by atoms with E-state index < -0.39 is 5.82 Å². The van der Waals surface area contributed by atoms with Gasteiger partial charge in [0.05, 0.1) is 12.8 Å². The smallest absolute Gasteiger partial charge is 0.226 e. The van der Waals surface area contributed by atoms with E-state index in [9.17, 15) is 14.0 Å². The third kappa shape index (κ3) is 5.04. The van der Waals surface area contributed by atoms with Crippen LogP contribution >= 0.6 is 0 Å². The number of amides is 2. The van der Waals surface area contributed by atoms with Crippen LogP contribution in [0.3, 0.4) is 0 Å². The number of rotatable bonds is 6. The highest BCUT2D eigenvalue weighted by Gasteiger charge is 2.15. The third-order valence-corrected chi connectivity index (χ3v) is 3.69. The van der Waals surface area contributed by atoms with Gasteiger partial charge in [0.1, 0.15) is 11.6 Å². The lowest BCUT2D eigenvalue weighted by molar-refractivity contribution is -0.117. The van der Waals surface area contributed by atoms with Crippen molar-refractivity contribution >= 4 is 23.2 Å². The number of carbonyl (C=O) groups excluding carboxylic acids is 2.